The fourth-order valence-corrected chi connectivity index (χ4v) is 2.34. The fraction of sp³-hybridized carbons (Fsp3) is 0.462. The maximum absolute atomic E-state index is 11.5. The van der Waals surface area contributed by atoms with E-state index < -0.39 is 6.10 Å². The lowest BCUT2D eigenvalue weighted by atomic mass is 10.2. The Kier molecular flexibility index (Phi) is 5.05. The van der Waals surface area contributed by atoms with Crippen molar-refractivity contribution in [3.8, 4) is 0 Å². The van der Waals surface area contributed by atoms with Gasteiger partial charge in [-0.2, -0.15) is 0 Å². The summed E-state index contributed by atoms with van der Waals surface area (Å²) in [5.74, 6) is -0.334. The Morgan fingerprint density at radius 2 is 2.26 bits per heavy atom. The summed E-state index contributed by atoms with van der Waals surface area (Å²) < 4.78 is 10.1. The van der Waals surface area contributed by atoms with E-state index >= 15 is 0 Å². The number of esters is 1. The van der Waals surface area contributed by atoms with Crippen LogP contribution >= 0.6 is 23.2 Å². The zero-order valence-corrected chi connectivity index (χ0v) is 12.1. The van der Waals surface area contributed by atoms with Crippen molar-refractivity contribution in [2.75, 3.05) is 26.8 Å². The summed E-state index contributed by atoms with van der Waals surface area (Å²) in [5.41, 5.74) is 1.06. The van der Waals surface area contributed by atoms with Crippen LogP contribution in [0.5, 0.6) is 0 Å². The second-order valence-electron chi connectivity index (χ2n) is 4.37. The predicted molar refractivity (Wildman–Crippen MR) is 73.5 cm³/mol. The molecule has 1 heterocycles. The van der Waals surface area contributed by atoms with Gasteiger partial charge in [-0.1, -0.05) is 29.3 Å². The van der Waals surface area contributed by atoms with Gasteiger partial charge >= 0.3 is 5.97 Å². The molecular formula is C13H15Cl2NO3. The molecule has 0 bridgehead atoms. The van der Waals surface area contributed by atoms with Gasteiger partial charge in [0.25, 0.3) is 0 Å². The maximum atomic E-state index is 11.5. The molecule has 0 radical (unpaired) electrons. The first-order valence-electron chi connectivity index (χ1n) is 5.96. The van der Waals surface area contributed by atoms with E-state index in [-0.39, 0.29) is 5.97 Å². The number of methoxy groups -OCH3 is 1. The summed E-state index contributed by atoms with van der Waals surface area (Å²) in [6.45, 7) is 2.51. The molecule has 1 aliphatic rings. The maximum Gasteiger partial charge on any atom is 0.336 e. The van der Waals surface area contributed by atoms with E-state index in [0.717, 1.165) is 12.1 Å². The number of morpholine rings is 1. The highest BCUT2D eigenvalue weighted by molar-refractivity contribution is 6.42. The highest BCUT2D eigenvalue weighted by Gasteiger charge is 2.27. The second-order valence-corrected chi connectivity index (χ2v) is 5.18. The SMILES string of the molecule is COC(=O)C1CN(Cc2ccc(Cl)c(Cl)c2)CCO1. The van der Waals surface area contributed by atoms with E-state index in [1.807, 2.05) is 12.1 Å². The summed E-state index contributed by atoms with van der Waals surface area (Å²) in [5, 5.41) is 1.08. The van der Waals surface area contributed by atoms with Crippen molar-refractivity contribution in [2.24, 2.45) is 0 Å². The van der Waals surface area contributed by atoms with Gasteiger partial charge in [-0.05, 0) is 17.7 Å². The third kappa shape index (κ3) is 3.83. The van der Waals surface area contributed by atoms with Crippen LogP contribution in [0.3, 0.4) is 0 Å². The van der Waals surface area contributed by atoms with E-state index in [4.69, 9.17) is 32.7 Å². The van der Waals surface area contributed by atoms with E-state index in [1.54, 1.807) is 6.07 Å². The summed E-state index contributed by atoms with van der Waals surface area (Å²) in [6.07, 6.45) is -0.512. The molecule has 1 atom stereocenters. The van der Waals surface area contributed by atoms with Crippen LogP contribution in [0.2, 0.25) is 10.0 Å². The molecule has 1 aromatic rings. The van der Waals surface area contributed by atoms with E-state index in [0.29, 0.717) is 29.7 Å². The van der Waals surface area contributed by atoms with Gasteiger partial charge in [-0.25, -0.2) is 4.79 Å². The van der Waals surface area contributed by atoms with Gasteiger partial charge in [0.15, 0.2) is 6.10 Å². The molecule has 6 heteroatoms. The molecule has 0 N–H and O–H groups in total. The van der Waals surface area contributed by atoms with E-state index in [1.165, 1.54) is 7.11 Å². The highest BCUT2D eigenvalue weighted by atomic mass is 35.5. The first-order valence-corrected chi connectivity index (χ1v) is 6.71. The Morgan fingerprint density at radius 1 is 1.47 bits per heavy atom. The summed E-state index contributed by atoms with van der Waals surface area (Å²) in [4.78, 5) is 13.6. The number of hydrogen-bond acceptors (Lipinski definition) is 4. The number of carbonyl (C=O) groups excluding carboxylic acids is 1. The monoisotopic (exact) mass is 303 g/mol. The van der Waals surface area contributed by atoms with Gasteiger partial charge in [-0.3, -0.25) is 4.90 Å². The number of halogens is 2. The van der Waals surface area contributed by atoms with Crippen LogP contribution in [0, 0.1) is 0 Å². The average Bonchev–Trinajstić information content (AvgIpc) is 2.42. The molecule has 0 amide bonds. The molecule has 4 nitrogen and oxygen atoms in total. The molecule has 2 rings (SSSR count). The lowest BCUT2D eigenvalue weighted by molar-refractivity contribution is -0.160. The van der Waals surface area contributed by atoms with Crippen molar-refractivity contribution in [3.05, 3.63) is 33.8 Å². The quantitative estimate of drug-likeness (QED) is 0.804. The lowest BCUT2D eigenvalue weighted by Gasteiger charge is -2.31. The molecule has 1 fully saturated rings. The third-order valence-electron chi connectivity index (χ3n) is 3.00. The average molecular weight is 304 g/mol. The number of ether oxygens (including phenoxy) is 2. The lowest BCUT2D eigenvalue weighted by Crippen LogP contribution is -2.46. The Balaban J connectivity index is 1.98. The number of benzene rings is 1. The van der Waals surface area contributed by atoms with Gasteiger partial charge in [-0.15, -0.1) is 0 Å². The minimum absolute atomic E-state index is 0.334. The van der Waals surface area contributed by atoms with Crippen LogP contribution < -0.4 is 0 Å². The zero-order chi connectivity index (χ0) is 13.8. The minimum Gasteiger partial charge on any atom is -0.467 e. The Hall–Kier alpha value is -0.810. The van der Waals surface area contributed by atoms with Gasteiger partial charge in [0.2, 0.25) is 0 Å². The number of rotatable bonds is 3. The molecule has 1 aromatic carbocycles. The van der Waals surface area contributed by atoms with Crippen LogP contribution in [0.25, 0.3) is 0 Å². The van der Waals surface area contributed by atoms with Gasteiger partial charge < -0.3 is 9.47 Å². The van der Waals surface area contributed by atoms with Crippen molar-refractivity contribution >= 4 is 29.2 Å². The van der Waals surface area contributed by atoms with Crippen LogP contribution in [0.1, 0.15) is 5.56 Å². The predicted octanol–water partition coefficient (Wildman–Crippen LogP) is 2.37. The smallest absolute Gasteiger partial charge is 0.336 e. The van der Waals surface area contributed by atoms with Crippen molar-refractivity contribution in [3.63, 3.8) is 0 Å². The van der Waals surface area contributed by atoms with Gasteiger partial charge in [0.05, 0.1) is 23.8 Å². The molecule has 0 aliphatic carbocycles. The van der Waals surface area contributed by atoms with Crippen molar-refractivity contribution in [1.29, 1.82) is 0 Å². The summed E-state index contributed by atoms with van der Waals surface area (Å²) in [7, 11) is 1.36. The Morgan fingerprint density at radius 3 is 2.95 bits per heavy atom. The zero-order valence-electron chi connectivity index (χ0n) is 10.6. The standard InChI is InChI=1S/C13H15Cl2NO3/c1-18-13(17)12-8-16(4-5-19-12)7-9-2-3-10(14)11(15)6-9/h2-3,6,12H,4-5,7-8H2,1H3. The summed E-state index contributed by atoms with van der Waals surface area (Å²) >= 11 is 11.9. The fourth-order valence-electron chi connectivity index (χ4n) is 2.02. The van der Waals surface area contributed by atoms with Crippen molar-refractivity contribution in [1.82, 2.24) is 4.90 Å². The molecule has 0 saturated carbocycles. The van der Waals surface area contributed by atoms with Crippen LogP contribution in [-0.2, 0) is 20.8 Å². The molecular weight excluding hydrogens is 289 g/mol. The molecule has 1 saturated heterocycles. The first kappa shape index (κ1) is 14.6. The number of hydrogen-bond donors (Lipinski definition) is 0. The van der Waals surface area contributed by atoms with Crippen molar-refractivity contribution in [2.45, 2.75) is 12.6 Å². The molecule has 19 heavy (non-hydrogen) atoms. The van der Waals surface area contributed by atoms with Gasteiger partial charge in [0, 0.05) is 19.6 Å². The Bertz CT molecular complexity index is 467. The molecule has 0 aromatic heterocycles. The molecule has 0 spiro atoms. The third-order valence-corrected chi connectivity index (χ3v) is 3.74. The van der Waals surface area contributed by atoms with Crippen LogP contribution in [0.4, 0.5) is 0 Å². The Labute approximate surface area is 122 Å². The first-order chi connectivity index (χ1) is 9.10. The van der Waals surface area contributed by atoms with Crippen LogP contribution in [-0.4, -0.2) is 43.8 Å². The molecule has 1 unspecified atom stereocenters. The minimum atomic E-state index is -0.512. The molecule has 104 valence electrons. The van der Waals surface area contributed by atoms with Gasteiger partial charge in [0.1, 0.15) is 0 Å². The van der Waals surface area contributed by atoms with E-state index in [2.05, 4.69) is 4.90 Å². The van der Waals surface area contributed by atoms with E-state index in [9.17, 15) is 4.79 Å². The largest absolute Gasteiger partial charge is 0.467 e. The number of carbonyl (C=O) groups is 1. The molecule has 1 aliphatic heterocycles. The van der Waals surface area contributed by atoms with Crippen molar-refractivity contribution < 1.29 is 14.3 Å². The topological polar surface area (TPSA) is 38.8 Å². The second kappa shape index (κ2) is 6.57. The highest BCUT2D eigenvalue weighted by Crippen LogP contribution is 2.23. The van der Waals surface area contributed by atoms with Crippen LogP contribution in [0.15, 0.2) is 18.2 Å². The number of nitrogens with zero attached hydrogens (tertiary/aromatic N) is 1. The normalized spacial score (nSPS) is 20.3. The summed E-state index contributed by atoms with van der Waals surface area (Å²) in [6, 6.07) is 5.54.